The zero-order chi connectivity index (χ0) is 15.2. The SMILES string of the molecule is CC(C)CNCc1cccc(Br)c1OCc1nncn1C. The molecule has 2 rings (SSSR count). The molecule has 0 amide bonds. The number of aromatic nitrogens is 3. The highest BCUT2D eigenvalue weighted by atomic mass is 79.9. The van der Waals surface area contributed by atoms with Gasteiger partial charge in [0.2, 0.25) is 0 Å². The van der Waals surface area contributed by atoms with Gasteiger partial charge in [-0.3, -0.25) is 0 Å². The average molecular weight is 353 g/mol. The number of rotatable bonds is 7. The topological polar surface area (TPSA) is 52.0 Å². The van der Waals surface area contributed by atoms with Gasteiger partial charge in [-0.25, -0.2) is 0 Å². The summed E-state index contributed by atoms with van der Waals surface area (Å²) in [4.78, 5) is 0. The first-order valence-electron chi connectivity index (χ1n) is 7.01. The molecule has 5 nitrogen and oxygen atoms in total. The molecule has 0 aliphatic heterocycles. The van der Waals surface area contributed by atoms with Gasteiger partial charge >= 0.3 is 0 Å². The second-order valence-corrected chi connectivity index (χ2v) is 6.25. The molecule has 0 aliphatic carbocycles. The fourth-order valence-electron chi connectivity index (χ4n) is 1.92. The van der Waals surface area contributed by atoms with Gasteiger partial charge in [0.05, 0.1) is 4.47 Å². The third-order valence-corrected chi connectivity index (χ3v) is 3.69. The van der Waals surface area contributed by atoms with Crippen LogP contribution in [0.15, 0.2) is 29.0 Å². The van der Waals surface area contributed by atoms with Crippen LogP contribution in [-0.4, -0.2) is 21.3 Å². The molecule has 0 aliphatic rings. The van der Waals surface area contributed by atoms with Gasteiger partial charge in [0.15, 0.2) is 5.82 Å². The standard InChI is InChI=1S/C15H21BrN4O/c1-11(2)7-17-8-12-5-4-6-13(16)15(12)21-9-14-19-18-10-20(14)3/h4-6,10-11,17H,7-9H2,1-3H3. The van der Waals surface area contributed by atoms with Gasteiger partial charge in [-0.1, -0.05) is 26.0 Å². The van der Waals surface area contributed by atoms with E-state index in [4.69, 9.17) is 4.74 Å². The van der Waals surface area contributed by atoms with Crippen LogP contribution in [0.1, 0.15) is 25.2 Å². The van der Waals surface area contributed by atoms with Crippen molar-refractivity contribution in [1.82, 2.24) is 20.1 Å². The summed E-state index contributed by atoms with van der Waals surface area (Å²) in [5.41, 5.74) is 1.13. The predicted octanol–water partition coefficient (Wildman–Crippen LogP) is 2.90. The predicted molar refractivity (Wildman–Crippen MR) is 86.0 cm³/mol. The molecule has 1 heterocycles. The molecule has 0 saturated carbocycles. The summed E-state index contributed by atoms with van der Waals surface area (Å²) in [6.45, 7) is 6.55. The molecule has 0 bridgehead atoms. The number of benzene rings is 1. The Morgan fingerprint density at radius 2 is 2.19 bits per heavy atom. The van der Waals surface area contributed by atoms with Crippen LogP contribution in [0.5, 0.6) is 5.75 Å². The highest BCUT2D eigenvalue weighted by molar-refractivity contribution is 9.10. The minimum absolute atomic E-state index is 0.399. The van der Waals surface area contributed by atoms with Gasteiger partial charge in [0, 0.05) is 19.2 Å². The second-order valence-electron chi connectivity index (χ2n) is 5.40. The molecule has 1 aromatic heterocycles. The lowest BCUT2D eigenvalue weighted by molar-refractivity contribution is 0.285. The highest BCUT2D eigenvalue weighted by Gasteiger charge is 2.10. The molecular formula is C15H21BrN4O. The summed E-state index contributed by atoms with van der Waals surface area (Å²) in [6, 6.07) is 6.08. The number of aryl methyl sites for hydroxylation is 1. The lowest BCUT2D eigenvalue weighted by Crippen LogP contribution is -2.19. The van der Waals surface area contributed by atoms with Crippen LogP contribution in [0, 0.1) is 5.92 Å². The van der Waals surface area contributed by atoms with E-state index in [0.29, 0.717) is 12.5 Å². The van der Waals surface area contributed by atoms with Crippen LogP contribution >= 0.6 is 15.9 Å². The van der Waals surface area contributed by atoms with Crippen molar-refractivity contribution in [3.8, 4) is 5.75 Å². The first-order chi connectivity index (χ1) is 10.1. The van der Waals surface area contributed by atoms with Crippen molar-refractivity contribution in [3.05, 3.63) is 40.4 Å². The maximum absolute atomic E-state index is 5.94. The van der Waals surface area contributed by atoms with E-state index >= 15 is 0 Å². The van der Waals surface area contributed by atoms with Crippen LogP contribution in [0.3, 0.4) is 0 Å². The number of halogens is 1. The monoisotopic (exact) mass is 352 g/mol. The molecule has 2 aromatic rings. The number of nitrogens with zero attached hydrogens (tertiary/aromatic N) is 3. The van der Waals surface area contributed by atoms with Crippen molar-refractivity contribution in [3.63, 3.8) is 0 Å². The van der Waals surface area contributed by atoms with Crippen molar-refractivity contribution in [2.75, 3.05) is 6.54 Å². The van der Waals surface area contributed by atoms with E-state index < -0.39 is 0 Å². The lowest BCUT2D eigenvalue weighted by atomic mass is 10.2. The largest absolute Gasteiger partial charge is 0.484 e. The van der Waals surface area contributed by atoms with E-state index in [-0.39, 0.29) is 0 Å². The molecule has 0 radical (unpaired) electrons. The van der Waals surface area contributed by atoms with E-state index in [1.807, 2.05) is 23.7 Å². The summed E-state index contributed by atoms with van der Waals surface area (Å²) in [6.07, 6.45) is 1.67. The first kappa shape index (κ1) is 16.0. The Hall–Kier alpha value is -1.40. The Morgan fingerprint density at radius 3 is 2.86 bits per heavy atom. The van der Waals surface area contributed by atoms with Crippen molar-refractivity contribution in [1.29, 1.82) is 0 Å². The number of para-hydroxylation sites is 1. The number of ether oxygens (including phenoxy) is 1. The summed E-state index contributed by atoms with van der Waals surface area (Å²) in [7, 11) is 1.91. The van der Waals surface area contributed by atoms with E-state index in [0.717, 1.165) is 34.7 Å². The van der Waals surface area contributed by atoms with Crippen LogP contribution in [0.4, 0.5) is 0 Å². The average Bonchev–Trinajstić information content (AvgIpc) is 2.83. The minimum atomic E-state index is 0.399. The summed E-state index contributed by atoms with van der Waals surface area (Å²) >= 11 is 3.56. The molecule has 0 atom stereocenters. The Labute approximate surface area is 133 Å². The van der Waals surface area contributed by atoms with Gasteiger partial charge in [-0.15, -0.1) is 10.2 Å². The smallest absolute Gasteiger partial charge is 0.170 e. The second kappa shape index (κ2) is 7.56. The van der Waals surface area contributed by atoms with Gasteiger partial charge in [0.25, 0.3) is 0 Å². The summed E-state index contributed by atoms with van der Waals surface area (Å²) < 4.78 is 8.75. The van der Waals surface area contributed by atoms with Crippen LogP contribution in [0.2, 0.25) is 0 Å². The maximum atomic E-state index is 5.94. The molecule has 0 saturated heterocycles. The van der Waals surface area contributed by atoms with Crippen molar-refractivity contribution in [2.24, 2.45) is 13.0 Å². The molecule has 0 unspecified atom stereocenters. The molecule has 6 heteroatoms. The summed E-state index contributed by atoms with van der Waals surface area (Å²) in [5.74, 6) is 2.28. The van der Waals surface area contributed by atoms with Gasteiger partial charge < -0.3 is 14.6 Å². The van der Waals surface area contributed by atoms with E-state index in [1.54, 1.807) is 6.33 Å². The third kappa shape index (κ3) is 4.54. The first-order valence-corrected chi connectivity index (χ1v) is 7.81. The number of hydrogen-bond acceptors (Lipinski definition) is 4. The van der Waals surface area contributed by atoms with Crippen LogP contribution in [-0.2, 0) is 20.2 Å². The normalized spacial score (nSPS) is 11.1. The van der Waals surface area contributed by atoms with E-state index in [2.05, 4.69) is 51.4 Å². The zero-order valence-corrected chi connectivity index (χ0v) is 14.2. The minimum Gasteiger partial charge on any atom is -0.484 e. The van der Waals surface area contributed by atoms with Gasteiger partial charge in [0.1, 0.15) is 18.7 Å². The Morgan fingerprint density at radius 1 is 1.38 bits per heavy atom. The van der Waals surface area contributed by atoms with Crippen molar-refractivity contribution >= 4 is 15.9 Å². The molecule has 0 fully saturated rings. The van der Waals surface area contributed by atoms with Crippen LogP contribution < -0.4 is 10.1 Å². The Kier molecular flexibility index (Phi) is 5.76. The van der Waals surface area contributed by atoms with Gasteiger partial charge in [-0.2, -0.15) is 0 Å². The van der Waals surface area contributed by atoms with Crippen LogP contribution in [0.25, 0.3) is 0 Å². The number of hydrogen-bond donors (Lipinski definition) is 1. The molecule has 0 spiro atoms. The van der Waals surface area contributed by atoms with E-state index in [1.165, 1.54) is 0 Å². The zero-order valence-electron chi connectivity index (χ0n) is 12.6. The third-order valence-electron chi connectivity index (χ3n) is 3.07. The van der Waals surface area contributed by atoms with Crippen molar-refractivity contribution in [2.45, 2.75) is 27.0 Å². The maximum Gasteiger partial charge on any atom is 0.170 e. The quantitative estimate of drug-likeness (QED) is 0.832. The molecule has 1 N–H and O–H groups in total. The molecule has 114 valence electrons. The lowest BCUT2D eigenvalue weighted by Gasteiger charge is -2.14. The van der Waals surface area contributed by atoms with E-state index in [9.17, 15) is 0 Å². The Bertz CT molecular complexity index is 583. The highest BCUT2D eigenvalue weighted by Crippen LogP contribution is 2.29. The fourth-order valence-corrected chi connectivity index (χ4v) is 2.45. The Balaban J connectivity index is 2.05. The number of nitrogens with one attached hydrogen (secondary N) is 1. The fraction of sp³-hybridized carbons (Fsp3) is 0.467. The molecular weight excluding hydrogens is 332 g/mol. The van der Waals surface area contributed by atoms with Crippen molar-refractivity contribution < 1.29 is 4.74 Å². The molecule has 21 heavy (non-hydrogen) atoms. The molecule has 1 aromatic carbocycles. The van der Waals surface area contributed by atoms with Gasteiger partial charge in [-0.05, 0) is 34.5 Å². The summed E-state index contributed by atoms with van der Waals surface area (Å²) in [5, 5.41) is 11.3.